The van der Waals surface area contributed by atoms with Crippen molar-refractivity contribution in [2.75, 3.05) is 20.3 Å². The Morgan fingerprint density at radius 2 is 2.29 bits per heavy atom. The number of nitrogens with two attached hydrogens (primary N) is 1. The second-order valence-electron chi connectivity index (χ2n) is 3.11. The van der Waals surface area contributed by atoms with E-state index in [1.54, 1.807) is 6.07 Å². The molecule has 1 aromatic rings. The van der Waals surface area contributed by atoms with Gasteiger partial charge in [-0.1, -0.05) is 0 Å². The van der Waals surface area contributed by atoms with E-state index in [1.165, 1.54) is 13.4 Å². The van der Waals surface area contributed by atoms with Gasteiger partial charge in [0.15, 0.2) is 0 Å². The number of esters is 1. The van der Waals surface area contributed by atoms with E-state index in [-0.39, 0.29) is 12.4 Å². The Kier molecular flexibility index (Phi) is 5.02. The minimum absolute atomic E-state index is 0.163. The molecule has 0 saturated carbocycles. The monoisotopic (exact) mass is 242 g/mol. The topological polar surface area (TPSA) is 104 Å². The third kappa shape index (κ3) is 4.15. The fraction of sp³-hybridized carbons (Fsp3) is 0.400. The molecule has 0 bridgehead atoms. The number of methoxy groups -OCH3 is 1. The van der Waals surface area contributed by atoms with E-state index >= 15 is 0 Å². The molecule has 0 spiro atoms. The molecule has 0 aromatic carbocycles. The normalized spacial score (nSPS) is 9.94. The first-order chi connectivity index (χ1) is 8.15. The van der Waals surface area contributed by atoms with Crippen LogP contribution in [0.25, 0.3) is 0 Å². The Hall–Kier alpha value is -2.02. The Morgan fingerprint density at radius 1 is 1.53 bits per heavy atom. The quantitative estimate of drug-likeness (QED) is 0.547. The highest BCUT2D eigenvalue weighted by molar-refractivity contribution is 5.87. The molecule has 1 heterocycles. The van der Waals surface area contributed by atoms with Gasteiger partial charge in [-0.3, -0.25) is 0 Å². The molecule has 0 aliphatic heterocycles. The molecule has 7 nitrogen and oxygen atoms in total. The summed E-state index contributed by atoms with van der Waals surface area (Å²) in [7, 11) is 1.28. The van der Waals surface area contributed by atoms with E-state index in [9.17, 15) is 9.59 Å². The van der Waals surface area contributed by atoms with Crippen molar-refractivity contribution in [1.29, 1.82) is 0 Å². The Balaban J connectivity index is 2.34. The van der Waals surface area contributed by atoms with Gasteiger partial charge in [0.1, 0.15) is 6.61 Å². The number of amides is 1. The summed E-state index contributed by atoms with van der Waals surface area (Å²) in [6, 6.07) is 1.66. The maximum Gasteiger partial charge on any atom is 0.404 e. The summed E-state index contributed by atoms with van der Waals surface area (Å²) < 4.78 is 14.1. The fourth-order valence-electron chi connectivity index (χ4n) is 1.19. The molecule has 0 radical (unpaired) electrons. The smallest absolute Gasteiger partial charge is 0.404 e. The molecule has 17 heavy (non-hydrogen) atoms. The van der Waals surface area contributed by atoms with Gasteiger partial charge in [-0.25, -0.2) is 9.59 Å². The lowest BCUT2D eigenvalue weighted by Gasteiger charge is -2.04. The summed E-state index contributed by atoms with van der Waals surface area (Å²) >= 11 is 0. The van der Waals surface area contributed by atoms with Crippen molar-refractivity contribution in [2.24, 2.45) is 5.73 Å². The molecule has 1 rings (SSSR count). The van der Waals surface area contributed by atoms with E-state index in [4.69, 9.17) is 10.2 Å². The first-order valence-corrected chi connectivity index (χ1v) is 4.92. The van der Waals surface area contributed by atoms with E-state index in [0.29, 0.717) is 18.7 Å². The number of nitrogens with one attached hydrogen (secondary N) is 1. The van der Waals surface area contributed by atoms with Crippen LogP contribution in [0.4, 0.5) is 4.79 Å². The number of furan rings is 1. The number of hydrogen-bond acceptors (Lipinski definition) is 6. The third-order valence-electron chi connectivity index (χ3n) is 1.96. The van der Waals surface area contributed by atoms with Gasteiger partial charge in [0, 0.05) is 18.7 Å². The van der Waals surface area contributed by atoms with E-state index in [0.717, 1.165) is 0 Å². The summed E-state index contributed by atoms with van der Waals surface area (Å²) in [6.07, 6.45) is 0.591. The average molecular weight is 242 g/mol. The molecule has 94 valence electrons. The van der Waals surface area contributed by atoms with Crippen LogP contribution < -0.4 is 11.1 Å². The predicted octanol–water partition coefficient (Wildman–Crippen LogP) is 0.251. The van der Waals surface area contributed by atoms with Gasteiger partial charge < -0.3 is 24.9 Å². The molecule has 0 aliphatic carbocycles. The molecule has 1 aromatic heterocycles. The van der Waals surface area contributed by atoms with Crippen LogP contribution in [0.2, 0.25) is 0 Å². The van der Waals surface area contributed by atoms with Crippen LogP contribution in [0.1, 0.15) is 16.1 Å². The minimum atomic E-state index is -0.814. The molecule has 3 N–H and O–H groups in total. The van der Waals surface area contributed by atoms with Crippen LogP contribution in [0.5, 0.6) is 0 Å². The van der Waals surface area contributed by atoms with E-state index < -0.39 is 12.1 Å². The lowest BCUT2D eigenvalue weighted by Crippen LogP contribution is -2.23. The Labute approximate surface area is 97.9 Å². The van der Waals surface area contributed by atoms with Gasteiger partial charge in [-0.2, -0.15) is 0 Å². The predicted molar refractivity (Wildman–Crippen MR) is 57.3 cm³/mol. The number of carbonyl (C=O) groups is 2. The summed E-state index contributed by atoms with van der Waals surface area (Å²) in [5.74, 6) is -0.365. The summed E-state index contributed by atoms with van der Waals surface area (Å²) in [5, 5.41) is 2.96. The molecule has 0 saturated heterocycles. The van der Waals surface area contributed by atoms with E-state index in [1.807, 2.05) is 0 Å². The van der Waals surface area contributed by atoms with E-state index in [2.05, 4.69) is 14.8 Å². The van der Waals surface area contributed by atoms with Crippen LogP contribution in [0.3, 0.4) is 0 Å². The summed E-state index contributed by atoms with van der Waals surface area (Å²) in [6.45, 7) is 0.999. The first kappa shape index (κ1) is 13.0. The maximum atomic E-state index is 11.2. The molecule has 0 unspecified atom stereocenters. The molecule has 1 amide bonds. The zero-order chi connectivity index (χ0) is 12.7. The lowest BCUT2D eigenvalue weighted by molar-refractivity contribution is 0.0563. The van der Waals surface area contributed by atoms with Gasteiger partial charge in [0.05, 0.1) is 13.4 Å². The first-order valence-electron chi connectivity index (χ1n) is 4.92. The number of rotatable bonds is 6. The van der Waals surface area contributed by atoms with Gasteiger partial charge in [0.25, 0.3) is 0 Å². The fourth-order valence-corrected chi connectivity index (χ4v) is 1.19. The second-order valence-corrected chi connectivity index (χ2v) is 3.11. The number of carbonyl (C=O) groups excluding carboxylic acids is 2. The van der Waals surface area contributed by atoms with Gasteiger partial charge >= 0.3 is 12.1 Å². The van der Waals surface area contributed by atoms with Crippen LogP contribution in [0.15, 0.2) is 16.7 Å². The van der Waals surface area contributed by atoms with Crippen LogP contribution in [-0.2, 0) is 16.0 Å². The van der Waals surface area contributed by atoms with Crippen molar-refractivity contribution in [3.8, 4) is 0 Å². The van der Waals surface area contributed by atoms with Crippen molar-refractivity contribution in [2.45, 2.75) is 6.54 Å². The van der Waals surface area contributed by atoms with Crippen molar-refractivity contribution in [3.63, 3.8) is 0 Å². The highest BCUT2D eigenvalue weighted by Crippen LogP contribution is 2.11. The number of primary amides is 1. The van der Waals surface area contributed by atoms with Crippen molar-refractivity contribution < 1.29 is 23.5 Å². The second kappa shape index (κ2) is 6.54. The summed E-state index contributed by atoms with van der Waals surface area (Å²) in [5.41, 5.74) is 5.46. The molecule has 0 fully saturated rings. The molecular weight excluding hydrogens is 228 g/mol. The number of hydrogen-bond donors (Lipinski definition) is 2. The zero-order valence-electron chi connectivity index (χ0n) is 9.39. The average Bonchev–Trinajstić information content (AvgIpc) is 2.75. The highest BCUT2D eigenvalue weighted by Gasteiger charge is 2.14. The van der Waals surface area contributed by atoms with Gasteiger partial charge in [-0.15, -0.1) is 0 Å². The third-order valence-corrected chi connectivity index (χ3v) is 1.96. The molecule has 0 aliphatic rings. The van der Waals surface area contributed by atoms with Crippen molar-refractivity contribution >= 4 is 12.1 Å². The lowest BCUT2D eigenvalue weighted by atomic mass is 10.2. The van der Waals surface area contributed by atoms with Gasteiger partial charge in [-0.05, 0) is 6.07 Å². The Bertz CT molecular complexity index is 388. The SMILES string of the molecule is COC(=O)c1occc1CNCCOC(N)=O. The maximum absolute atomic E-state index is 11.2. The minimum Gasteiger partial charge on any atom is -0.463 e. The largest absolute Gasteiger partial charge is 0.463 e. The Morgan fingerprint density at radius 3 is 2.94 bits per heavy atom. The molecule has 0 atom stereocenters. The standard InChI is InChI=1S/C10H14N2O5/c1-15-9(13)8-7(2-4-16-8)6-12-3-5-17-10(11)14/h2,4,12H,3,5-6H2,1H3,(H2,11,14). The van der Waals surface area contributed by atoms with Crippen molar-refractivity contribution in [1.82, 2.24) is 5.32 Å². The van der Waals surface area contributed by atoms with Crippen LogP contribution >= 0.6 is 0 Å². The van der Waals surface area contributed by atoms with Gasteiger partial charge in [0.2, 0.25) is 5.76 Å². The molecule has 7 heteroatoms. The number of ether oxygens (including phenoxy) is 2. The van der Waals surface area contributed by atoms with Crippen molar-refractivity contribution in [3.05, 3.63) is 23.7 Å². The highest BCUT2D eigenvalue weighted by atomic mass is 16.5. The van der Waals surface area contributed by atoms with Crippen LogP contribution in [0, 0.1) is 0 Å². The zero-order valence-corrected chi connectivity index (χ0v) is 9.39. The summed E-state index contributed by atoms with van der Waals surface area (Å²) in [4.78, 5) is 21.5. The molecular formula is C10H14N2O5. The van der Waals surface area contributed by atoms with Crippen LogP contribution in [-0.4, -0.2) is 32.3 Å².